The van der Waals surface area contributed by atoms with Crippen LogP contribution in [-0.4, -0.2) is 63.5 Å². The molecule has 0 saturated carbocycles. The first kappa shape index (κ1) is 21.5. The van der Waals surface area contributed by atoms with E-state index in [2.05, 4.69) is 0 Å². The lowest BCUT2D eigenvalue weighted by Gasteiger charge is -2.35. The van der Waals surface area contributed by atoms with Crippen molar-refractivity contribution in [2.75, 3.05) is 51.4 Å². The number of fused-ring (bicyclic) bond motifs is 2. The largest absolute Gasteiger partial charge is 0.490 e. The first-order chi connectivity index (χ1) is 13.5. The lowest BCUT2D eigenvalue weighted by Crippen LogP contribution is -2.42. The molecule has 3 rings (SSSR count). The number of ether oxygens (including phenoxy) is 2. The van der Waals surface area contributed by atoms with Crippen LogP contribution >= 0.6 is 0 Å². The minimum absolute atomic E-state index is 0.0500. The molecule has 2 aliphatic heterocycles. The molecule has 0 saturated heterocycles. The van der Waals surface area contributed by atoms with E-state index in [0.29, 0.717) is 4.90 Å². The smallest absolute Gasteiger partial charge is 0.471 e. The highest BCUT2D eigenvalue weighted by Crippen LogP contribution is 2.47. The molecule has 0 atom stereocenters. The lowest BCUT2D eigenvalue weighted by atomic mass is 9.93. The van der Waals surface area contributed by atoms with Crippen molar-refractivity contribution in [3.05, 3.63) is 22.8 Å². The fraction of sp³-hybridized carbons (Fsp3) is 0.611. The molecular formula is C18H20F6N2O3. The standard InChI is InChI=1S/C18H20F6N2O3/c1-28-8-6-25-7-9-29-13-10-11-2-4-26(16(27)18(22,23)24)5-3-12(11)14(15(13)25)17(19,20)21/h10H,2-9H2,1H3. The van der Waals surface area contributed by atoms with Crippen LogP contribution in [0.15, 0.2) is 6.07 Å². The second-order valence-electron chi connectivity index (χ2n) is 6.85. The molecule has 11 heteroatoms. The molecule has 29 heavy (non-hydrogen) atoms. The number of rotatable bonds is 3. The van der Waals surface area contributed by atoms with Gasteiger partial charge >= 0.3 is 18.3 Å². The van der Waals surface area contributed by atoms with Gasteiger partial charge in [0.1, 0.15) is 12.4 Å². The molecule has 2 heterocycles. The SMILES string of the molecule is COCCN1CCOc2cc3c(c(C(F)(F)F)c21)CCN(C(=O)C(F)(F)F)CC3. The normalized spacial score (nSPS) is 17.3. The van der Waals surface area contributed by atoms with Crippen LogP contribution in [0, 0.1) is 0 Å². The molecular weight excluding hydrogens is 406 g/mol. The first-order valence-electron chi connectivity index (χ1n) is 9.02. The van der Waals surface area contributed by atoms with Gasteiger partial charge < -0.3 is 19.3 Å². The van der Waals surface area contributed by atoms with Crippen LogP contribution in [0.1, 0.15) is 16.7 Å². The fourth-order valence-corrected chi connectivity index (χ4v) is 3.78. The second kappa shape index (κ2) is 7.92. The van der Waals surface area contributed by atoms with Gasteiger partial charge in [0, 0.05) is 26.7 Å². The molecule has 2 aliphatic rings. The number of hydrogen-bond acceptors (Lipinski definition) is 4. The Hall–Kier alpha value is -2.17. The summed E-state index contributed by atoms with van der Waals surface area (Å²) in [7, 11) is 1.44. The Morgan fingerprint density at radius 1 is 1.14 bits per heavy atom. The highest BCUT2D eigenvalue weighted by atomic mass is 19.4. The predicted octanol–water partition coefficient (Wildman–Crippen LogP) is 3.04. The number of halogens is 6. The van der Waals surface area contributed by atoms with Crippen LogP contribution in [0.2, 0.25) is 0 Å². The van der Waals surface area contributed by atoms with Gasteiger partial charge in [0.25, 0.3) is 0 Å². The van der Waals surface area contributed by atoms with E-state index in [-0.39, 0.29) is 68.3 Å². The Bertz CT molecular complexity index is 778. The van der Waals surface area contributed by atoms with Gasteiger partial charge in [-0.2, -0.15) is 26.3 Å². The fourth-order valence-electron chi connectivity index (χ4n) is 3.78. The quantitative estimate of drug-likeness (QED) is 0.697. The van der Waals surface area contributed by atoms with Gasteiger partial charge in [-0.15, -0.1) is 0 Å². The summed E-state index contributed by atoms with van der Waals surface area (Å²) in [6, 6.07) is 1.46. The van der Waals surface area contributed by atoms with Gasteiger partial charge in [0.2, 0.25) is 0 Å². The molecule has 0 aliphatic carbocycles. The molecule has 5 nitrogen and oxygen atoms in total. The highest BCUT2D eigenvalue weighted by molar-refractivity contribution is 5.82. The van der Waals surface area contributed by atoms with Gasteiger partial charge in [0.05, 0.1) is 24.4 Å². The number of carbonyl (C=O) groups is 1. The predicted molar refractivity (Wildman–Crippen MR) is 91.1 cm³/mol. The van der Waals surface area contributed by atoms with E-state index < -0.39 is 30.4 Å². The third-order valence-electron chi connectivity index (χ3n) is 5.06. The van der Waals surface area contributed by atoms with E-state index in [1.807, 2.05) is 0 Å². The highest BCUT2D eigenvalue weighted by Gasteiger charge is 2.45. The summed E-state index contributed by atoms with van der Waals surface area (Å²) in [6.07, 6.45) is -10.2. The maximum absolute atomic E-state index is 14.1. The number of amides is 1. The van der Waals surface area contributed by atoms with Crippen LogP contribution in [0.4, 0.5) is 32.0 Å². The van der Waals surface area contributed by atoms with E-state index >= 15 is 0 Å². The minimum atomic E-state index is -5.07. The van der Waals surface area contributed by atoms with Crippen LogP contribution in [0.25, 0.3) is 0 Å². The summed E-state index contributed by atoms with van der Waals surface area (Å²) < 4.78 is 90.9. The molecule has 0 bridgehead atoms. The van der Waals surface area contributed by atoms with Gasteiger partial charge in [0.15, 0.2) is 0 Å². The van der Waals surface area contributed by atoms with Crippen LogP contribution in [0.3, 0.4) is 0 Å². The van der Waals surface area contributed by atoms with Crippen LogP contribution in [0.5, 0.6) is 5.75 Å². The lowest BCUT2D eigenvalue weighted by molar-refractivity contribution is -0.185. The summed E-state index contributed by atoms with van der Waals surface area (Å²) in [5.41, 5.74) is -0.846. The average Bonchev–Trinajstić information content (AvgIpc) is 2.84. The molecule has 1 amide bonds. The van der Waals surface area contributed by atoms with E-state index in [1.54, 1.807) is 0 Å². The Kier molecular flexibility index (Phi) is 5.88. The van der Waals surface area contributed by atoms with Crippen molar-refractivity contribution in [1.29, 1.82) is 0 Å². The van der Waals surface area contributed by atoms with E-state index in [1.165, 1.54) is 18.1 Å². The second-order valence-corrected chi connectivity index (χ2v) is 6.85. The Labute approximate surface area is 163 Å². The molecule has 1 aromatic rings. The van der Waals surface area contributed by atoms with Crippen molar-refractivity contribution >= 4 is 11.6 Å². The molecule has 162 valence electrons. The van der Waals surface area contributed by atoms with E-state index in [0.717, 1.165) is 0 Å². The Morgan fingerprint density at radius 3 is 2.45 bits per heavy atom. The van der Waals surface area contributed by atoms with Crippen LogP contribution in [-0.2, 0) is 28.5 Å². The number of carbonyl (C=O) groups excluding carboxylic acids is 1. The summed E-state index contributed by atoms with van der Waals surface area (Å²) in [5, 5.41) is 0. The number of nitrogens with zero attached hydrogens (tertiary/aromatic N) is 2. The van der Waals surface area contributed by atoms with Crippen molar-refractivity contribution in [3.8, 4) is 5.75 Å². The minimum Gasteiger partial charge on any atom is -0.490 e. The topological polar surface area (TPSA) is 42.0 Å². The van der Waals surface area contributed by atoms with Gasteiger partial charge in [-0.25, -0.2) is 0 Å². The van der Waals surface area contributed by atoms with Gasteiger partial charge in [-0.05, 0) is 30.0 Å². The van der Waals surface area contributed by atoms with Crippen LogP contribution < -0.4 is 9.64 Å². The zero-order valence-corrected chi connectivity index (χ0v) is 15.6. The number of anilines is 1. The monoisotopic (exact) mass is 426 g/mol. The summed E-state index contributed by atoms with van der Waals surface area (Å²) in [4.78, 5) is 13.6. The van der Waals surface area contributed by atoms with Crippen molar-refractivity contribution in [3.63, 3.8) is 0 Å². The Balaban J connectivity index is 2.05. The van der Waals surface area contributed by atoms with Gasteiger partial charge in [-0.1, -0.05) is 0 Å². The maximum Gasteiger partial charge on any atom is 0.471 e. The van der Waals surface area contributed by atoms with Crippen molar-refractivity contribution in [2.24, 2.45) is 0 Å². The summed E-state index contributed by atoms with van der Waals surface area (Å²) in [5.74, 6) is -1.99. The molecule has 0 spiro atoms. The molecule has 0 unspecified atom stereocenters. The summed E-state index contributed by atoms with van der Waals surface area (Å²) >= 11 is 0. The zero-order valence-electron chi connectivity index (χ0n) is 15.6. The number of benzene rings is 1. The van der Waals surface area contributed by atoms with Gasteiger partial charge in [-0.3, -0.25) is 4.79 Å². The third kappa shape index (κ3) is 4.39. The number of alkyl halides is 6. The number of hydrogen-bond donors (Lipinski definition) is 0. The van der Waals surface area contributed by atoms with Crippen molar-refractivity contribution in [1.82, 2.24) is 4.90 Å². The zero-order chi connectivity index (χ0) is 21.4. The molecule has 1 aromatic carbocycles. The first-order valence-corrected chi connectivity index (χ1v) is 9.02. The summed E-state index contributed by atoms with van der Waals surface area (Å²) in [6.45, 7) is 0.0957. The Morgan fingerprint density at radius 2 is 1.83 bits per heavy atom. The van der Waals surface area contributed by atoms with E-state index in [9.17, 15) is 31.1 Å². The average molecular weight is 426 g/mol. The van der Waals surface area contributed by atoms with Crippen molar-refractivity contribution in [2.45, 2.75) is 25.2 Å². The third-order valence-corrected chi connectivity index (χ3v) is 5.06. The molecule has 0 fully saturated rings. The molecule has 0 radical (unpaired) electrons. The molecule has 0 N–H and O–H groups in total. The number of methoxy groups -OCH3 is 1. The van der Waals surface area contributed by atoms with Crippen molar-refractivity contribution < 1.29 is 40.6 Å². The maximum atomic E-state index is 14.1. The van der Waals surface area contributed by atoms with E-state index in [4.69, 9.17) is 9.47 Å². The molecule has 0 aromatic heterocycles.